The van der Waals surface area contributed by atoms with Crippen LogP contribution in [0.5, 0.6) is 0 Å². The maximum atomic E-state index is 12.2. The summed E-state index contributed by atoms with van der Waals surface area (Å²) < 4.78 is 0. The number of carbonyl (C=O) groups excluding carboxylic acids is 1. The van der Waals surface area contributed by atoms with E-state index < -0.39 is 0 Å². The van der Waals surface area contributed by atoms with Gasteiger partial charge < -0.3 is 10.2 Å². The van der Waals surface area contributed by atoms with E-state index in [-0.39, 0.29) is 5.91 Å². The van der Waals surface area contributed by atoms with Gasteiger partial charge in [-0.3, -0.25) is 9.69 Å². The van der Waals surface area contributed by atoms with Crippen molar-refractivity contribution < 1.29 is 14.7 Å². The van der Waals surface area contributed by atoms with E-state index in [1.807, 2.05) is 24.4 Å². The van der Waals surface area contributed by atoms with Gasteiger partial charge in [0.25, 0.3) is 11.7 Å². The van der Waals surface area contributed by atoms with E-state index in [2.05, 4.69) is 27.3 Å². The molecule has 0 saturated carbocycles. The summed E-state index contributed by atoms with van der Waals surface area (Å²) >= 11 is 0. The average molecular weight is 323 g/mol. The Morgan fingerprint density at radius 2 is 1.96 bits per heavy atom. The lowest BCUT2D eigenvalue weighted by molar-refractivity contribution is -0.892. The molecule has 6 nitrogen and oxygen atoms in total. The van der Waals surface area contributed by atoms with E-state index >= 15 is 0 Å². The Labute approximate surface area is 141 Å². The van der Waals surface area contributed by atoms with Crippen LogP contribution in [0.2, 0.25) is 0 Å². The molecule has 3 N–H and O–H groups in total. The number of carbonyl (C=O) groups is 1. The molecular weight excluding hydrogens is 302 g/mol. The lowest BCUT2D eigenvalue weighted by Gasteiger charge is -2.27. The largest absolute Gasteiger partial charge is 0.321 e. The summed E-state index contributed by atoms with van der Waals surface area (Å²) in [5, 5.41) is 11.9. The number of hydrogen-bond donors (Lipinski definition) is 2. The summed E-state index contributed by atoms with van der Waals surface area (Å²) in [7, 11) is 0. The van der Waals surface area contributed by atoms with Crippen LogP contribution in [0.4, 0.5) is 11.5 Å². The first-order valence-electron chi connectivity index (χ1n) is 8.10. The SMILES string of the molecule is N#Cc1ccccc1NC(=O)C[NH+]1CCN(c2cccc[nH+]2)CC1. The molecule has 1 aliphatic rings. The second kappa shape index (κ2) is 7.57. The molecule has 1 aliphatic heterocycles. The molecule has 0 aliphatic carbocycles. The molecule has 1 saturated heterocycles. The molecule has 0 radical (unpaired) electrons. The summed E-state index contributed by atoms with van der Waals surface area (Å²) in [6.45, 7) is 4.08. The first-order valence-corrected chi connectivity index (χ1v) is 8.10. The molecule has 1 aromatic heterocycles. The van der Waals surface area contributed by atoms with Crippen molar-refractivity contribution in [3.8, 4) is 6.07 Å². The van der Waals surface area contributed by atoms with Gasteiger partial charge in [-0.05, 0) is 18.2 Å². The normalized spacial score (nSPS) is 14.9. The lowest BCUT2D eigenvalue weighted by atomic mass is 10.2. The number of amides is 1. The number of rotatable bonds is 4. The van der Waals surface area contributed by atoms with Crippen LogP contribution in [0.25, 0.3) is 0 Å². The van der Waals surface area contributed by atoms with Gasteiger partial charge in [0.05, 0.1) is 17.4 Å². The van der Waals surface area contributed by atoms with E-state index in [0.717, 1.165) is 32.0 Å². The minimum atomic E-state index is -0.0487. The number of nitrogens with zero attached hydrogens (tertiary/aromatic N) is 2. The molecule has 0 unspecified atom stereocenters. The highest BCUT2D eigenvalue weighted by Gasteiger charge is 2.27. The third-order valence-corrected chi connectivity index (χ3v) is 4.24. The standard InChI is InChI=1S/C18H19N5O/c19-13-15-5-1-2-6-16(15)21-18(24)14-22-9-11-23(12-10-22)17-7-3-4-8-20-17/h1-8H,9-12,14H2,(H,21,24)/p+2. The van der Waals surface area contributed by atoms with Crippen molar-refractivity contribution in [2.45, 2.75) is 0 Å². The van der Waals surface area contributed by atoms with Gasteiger partial charge in [-0.15, -0.1) is 0 Å². The fourth-order valence-electron chi connectivity index (χ4n) is 2.93. The van der Waals surface area contributed by atoms with Gasteiger partial charge in [-0.25, -0.2) is 4.98 Å². The van der Waals surface area contributed by atoms with Crippen molar-refractivity contribution in [3.63, 3.8) is 0 Å². The molecule has 2 heterocycles. The topological polar surface area (TPSA) is 74.7 Å². The van der Waals surface area contributed by atoms with Crippen LogP contribution >= 0.6 is 0 Å². The Bertz CT molecular complexity index is 733. The molecule has 1 amide bonds. The van der Waals surface area contributed by atoms with Crippen LogP contribution in [0.1, 0.15) is 5.56 Å². The second-order valence-corrected chi connectivity index (χ2v) is 5.87. The number of quaternary nitrogens is 1. The molecule has 1 aromatic carbocycles. The first kappa shape index (κ1) is 16.0. The third kappa shape index (κ3) is 3.89. The van der Waals surface area contributed by atoms with Crippen molar-refractivity contribution in [2.24, 2.45) is 0 Å². The lowest BCUT2D eigenvalue weighted by Crippen LogP contribution is -3.15. The minimum absolute atomic E-state index is 0.0487. The Kier molecular flexibility index (Phi) is 5.04. The molecular formula is C18H21N5O+2. The molecule has 0 atom stereocenters. The average Bonchev–Trinajstić information content (AvgIpc) is 2.63. The van der Waals surface area contributed by atoms with Crippen LogP contribution in [0.3, 0.4) is 0 Å². The summed E-state index contributed by atoms with van der Waals surface area (Å²) in [6, 6.07) is 15.2. The van der Waals surface area contributed by atoms with Gasteiger partial charge in [0, 0.05) is 6.07 Å². The van der Waals surface area contributed by atoms with Crippen molar-refractivity contribution in [1.82, 2.24) is 0 Å². The van der Waals surface area contributed by atoms with Crippen LogP contribution < -0.4 is 20.1 Å². The number of pyridine rings is 1. The van der Waals surface area contributed by atoms with E-state index in [9.17, 15) is 4.79 Å². The Morgan fingerprint density at radius 3 is 2.67 bits per heavy atom. The van der Waals surface area contributed by atoms with Crippen molar-refractivity contribution in [3.05, 3.63) is 54.2 Å². The van der Waals surface area contributed by atoms with Crippen LogP contribution in [-0.2, 0) is 4.79 Å². The predicted octanol–water partition coefficient (Wildman–Crippen LogP) is -0.284. The van der Waals surface area contributed by atoms with Gasteiger partial charge >= 0.3 is 0 Å². The Morgan fingerprint density at radius 1 is 1.21 bits per heavy atom. The monoisotopic (exact) mass is 323 g/mol. The van der Waals surface area contributed by atoms with E-state index in [1.54, 1.807) is 18.2 Å². The van der Waals surface area contributed by atoms with Crippen molar-refractivity contribution >= 4 is 17.4 Å². The minimum Gasteiger partial charge on any atom is -0.321 e. The molecule has 1 fully saturated rings. The molecule has 2 aromatic rings. The predicted molar refractivity (Wildman–Crippen MR) is 90.6 cm³/mol. The maximum Gasteiger partial charge on any atom is 0.279 e. The zero-order chi connectivity index (χ0) is 16.8. The fraction of sp³-hybridized carbons (Fsp3) is 0.278. The molecule has 122 valence electrons. The Balaban J connectivity index is 1.51. The zero-order valence-electron chi connectivity index (χ0n) is 13.5. The summed E-state index contributed by atoms with van der Waals surface area (Å²) in [5.41, 5.74) is 1.08. The van der Waals surface area contributed by atoms with Gasteiger partial charge in [-0.2, -0.15) is 5.26 Å². The number of H-pyrrole nitrogens is 1. The molecule has 0 bridgehead atoms. The number of para-hydroxylation sites is 1. The number of piperazine rings is 1. The number of benzene rings is 1. The smallest absolute Gasteiger partial charge is 0.279 e. The maximum absolute atomic E-state index is 12.2. The van der Waals surface area contributed by atoms with E-state index in [1.165, 1.54) is 4.90 Å². The van der Waals surface area contributed by atoms with E-state index in [4.69, 9.17) is 5.26 Å². The van der Waals surface area contributed by atoms with Gasteiger partial charge in [0.1, 0.15) is 32.2 Å². The fourth-order valence-corrected chi connectivity index (χ4v) is 2.93. The quantitative estimate of drug-likeness (QED) is 0.812. The van der Waals surface area contributed by atoms with Crippen LogP contribution in [-0.4, -0.2) is 38.6 Å². The van der Waals surface area contributed by atoms with Crippen LogP contribution in [0.15, 0.2) is 48.7 Å². The number of hydrogen-bond acceptors (Lipinski definition) is 3. The molecule has 3 rings (SSSR count). The van der Waals surface area contributed by atoms with Crippen molar-refractivity contribution in [2.75, 3.05) is 42.9 Å². The van der Waals surface area contributed by atoms with Crippen LogP contribution in [0, 0.1) is 11.3 Å². The van der Waals surface area contributed by atoms with Crippen molar-refractivity contribution in [1.29, 1.82) is 5.26 Å². The third-order valence-electron chi connectivity index (χ3n) is 4.24. The highest BCUT2D eigenvalue weighted by atomic mass is 16.2. The number of nitriles is 1. The van der Waals surface area contributed by atoms with Gasteiger partial charge in [0.2, 0.25) is 0 Å². The summed E-state index contributed by atoms with van der Waals surface area (Å²) in [4.78, 5) is 19.0. The van der Waals surface area contributed by atoms with E-state index in [0.29, 0.717) is 17.8 Å². The number of aromatic amines is 1. The van der Waals surface area contributed by atoms with Gasteiger partial charge in [-0.1, -0.05) is 18.2 Å². The summed E-state index contributed by atoms with van der Waals surface area (Å²) in [5.74, 6) is 1.07. The second-order valence-electron chi connectivity index (χ2n) is 5.87. The molecule has 24 heavy (non-hydrogen) atoms. The number of aromatic nitrogens is 1. The number of nitrogens with one attached hydrogen (secondary N) is 3. The summed E-state index contributed by atoms with van der Waals surface area (Å²) in [6.07, 6.45) is 1.93. The highest BCUT2D eigenvalue weighted by molar-refractivity contribution is 5.92. The molecule has 6 heteroatoms. The van der Waals surface area contributed by atoms with Gasteiger partial charge in [0.15, 0.2) is 6.54 Å². The first-order chi connectivity index (χ1) is 11.8. The number of anilines is 2. The zero-order valence-corrected chi connectivity index (χ0v) is 13.5. The highest BCUT2D eigenvalue weighted by Crippen LogP contribution is 2.12. The molecule has 0 spiro atoms. The Hall–Kier alpha value is -2.91.